The van der Waals surface area contributed by atoms with Crippen LogP contribution in [0.1, 0.15) is 40.5 Å². The van der Waals surface area contributed by atoms with Crippen LogP contribution in [0, 0.1) is 0 Å². The summed E-state index contributed by atoms with van der Waals surface area (Å²) >= 11 is 0. The molecule has 3 N–H and O–H groups in total. The molecule has 6 nitrogen and oxygen atoms in total. The van der Waals surface area contributed by atoms with Crippen LogP contribution in [-0.4, -0.2) is 41.9 Å². The molecule has 1 unspecified atom stereocenters. The highest BCUT2D eigenvalue weighted by Crippen LogP contribution is 2.05. The molecule has 1 atom stereocenters. The molecule has 0 aliphatic rings. The highest BCUT2D eigenvalue weighted by atomic mass is 16.5. The third-order valence-electron chi connectivity index (χ3n) is 2.10. The first-order valence-corrected chi connectivity index (χ1v) is 6.17. The number of hydrogen-bond donors (Lipinski definition) is 3. The second-order valence-corrected chi connectivity index (χ2v) is 5.04. The molecule has 0 aromatic heterocycles. The van der Waals surface area contributed by atoms with Crippen LogP contribution in [0.3, 0.4) is 0 Å². The van der Waals surface area contributed by atoms with Gasteiger partial charge in [-0.3, -0.25) is 0 Å². The molecule has 0 aliphatic carbocycles. The summed E-state index contributed by atoms with van der Waals surface area (Å²) in [6.07, 6.45) is 1.12. The Kier molecular flexibility index (Phi) is 7.35. The molecule has 6 heteroatoms. The fourth-order valence-corrected chi connectivity index (χ4v) is 1.28. The van der Waals surface area contributed by atoms with Gasteiger partial charge in [-0.05, 0) is 27.2 Å². The van der Waals surface area contributed by atoms with Crippen molar-refractivity contribution in [1.82, 2.24) is 10.6 Å². The minimum atomic E-state index is -1.02. The van der Waals surface area contributed by atoms with E-state index in [0.717, 1.165) is 0 Å². The summed E-state index contributed by atoms with van der Waals surface area (Å²) in [5.74, 6) is -1.02. The number of amides is 2. The molecule has 0 aliphatic heterocycles. The highest BCUT2D eigenvalue weighted by molar-refractivity contribution is 5.82. The number of aliphatic carboxylic acids is 1. The van der Waals surface area contributed by atoms with Crippen LogP contribution in [0.4, 0.5) is 4.79 Å². The highest BCUT2D eigenvalue weighted by Gasteiger charge is 2.18. The van der Waals surface area contributed by atoms with Crippen molar-refractivity contribution < 1.29 is 19.4 Å². The fraction of sp³-hybridized carbons (Fsp3) is 0.833. The summed E-state index contributed by atoms with van der Waals surface area (Å²) in [6.45, 7) is 8.38. The van der Waals surface area contributed by atoms with Crippen LogP contribution in [-0.2, 0) is 9.53 Å². The molecule has 0 radical (unpaired) electrons. The molecular weight excluding hydrogens is 236 g/mol. The Balaban J connectivity index is 3.85. The van der Waals surface area contributed by atoms with Crippen molar-refractivity contribution in [2.45, 2.75) is 52.2 Å². The van der Waals surface area contributed by atoms with E-state index in [-0.39, 0.29) is 5.60 Å². The molecule has 18 heavy (non-hydrogen) atoms. The first-order chi connectivity index (χ1) is 8.26. The molecule has 0 aromatic carbocycles. The molecule has 0 saturated carbocycles. The molecule has 2 amide bonds. The maximum Gasteiger partial charge on any atom is 0.326 e. The Morgan fingerprint density at radius 3 is 2.39 bits per heavy atom. The lowest BCUT2D eigenvalue weighted by Crippen LogP contribution is -2.46. The Labute approximate surface area is 108 Å². The lowest BCUT2D eigenvalue weighted by molar-refractivity contribution is -0.139. The van der Waals surface area contributed by atoms with Gasteiger partial charge in [0.15, 0.2) is 0 Å². The molecule has 0 saturated heterocycles. The summed E-state index contributed by atoms with van der Waals surface area (Å²) < 4.78 is 5.42. The minimum absolute atomic E-state index is 0.246. The predicted octanol–water partition coefficient (Wildman–Crippen LogP) is 1.35. The zero-order valence-corrected chi connectivity index (χ0v) is 11.6. The predicted molar refractivity (Wildman–Crippen MR) is 68.6 cm³/mol. The van der Waals surface area contributed by atoms with Crippen molar-refractivity contribution >= 4 is 12.0 Å². The van der Waals surface area contributed by atoms with Crippen molar-refractivity contribution in [3.63, 3.8) is 0 Å². The van der Waals surface area contributed by atoms with E-state index in [1.807, 2.05) is 27.7 Å². The van der Waals surface area contributed by atoms with Crippen molar-refractivity contribution in [1.29, 1.82) is 0 Å². The Morgan fingerprint density at radius 1 is 1.33 bits per heavy atom. The number of carboxylic acids is 1. The third-order valence-corrected chi connectivity index (χ3v) is 2.10. The van der Waals surface area contributed by atoms with Gasteiger partial charge < -0.3 is 20.5 Å². The van der Waals surface area contributed by atoms with Gasteiger partial charge in [0.1, 0.15) is 6.04 Å². The lowest BCUT2D eigenvalue weighted by atomic mass is 10.2. The summed E-state index contributed by atoms with van der Waals surface area (Å²) in [5, 5.41) is 13.8. The number of ether oxygens (including phenoxy) is 1. The van der Waals surface area contributed by atoms with E-state index < -0.39 is 18.0 Å². The largest absolute Gasteiger partial charge is 0.480 e. The minimum Gasteiger partial charge on any atom is -0.480 e. The summed E-state index contributed by atoms with van der Waals surface area (Å²) in [6, 6.07) is -1.31. The number of carbonyl (C=O) groups is 2. The van der Waals surface area contributed by atoms with E-state index in [0.29, 0.717) is 26.0 Å². The third kappa shape index (κ3) is 8.81. The van der Waals surface area contributed by atoms with Gasteiger partial charge in [0.2, 0.25) is 0 Å². The fourth-order valence-electron chi connectivity index (χ4n) is 1.28. The molecule has 0 aromatic rings. The van der Waals surface area contributed by atoms with Crippen LogP contribution < -0.4 is 10.6 Å². The van der Waals surface area contributed by atoms with Gasteiger partial charge in [0.25, 0.3) is 0 Å². The van der Waals surface area contributed by atoms with Gasteiger partial charge in [-0.2, -0.15) is 0 Å². The average Bonchev–Trinajstić information content (AvgIpc) is 2.22. The van der Waals surface area contributed by atoms with E-state index in [9.17, 15) is 9.59 Å². The average molecular weight is 260 g/mol. The molecule has 0 rings (SSSR count). The van der Waals surface area contributed by atoms with Crippen LogP contribution in [0.15, 0.2) is 0 Å². The molecule has 0 fully saturated rings. The maximum absolute atomic E-state index is 11.4. The topological polar surface area (TPSA) is 87.7 Å². The quantitative estimate of drug-likeness (QED) is 0.603. The zero-order valence-electron chi connectivity index (χ0n) is 11.6. The lowest BCUT2D eigenvalue weighted by Gasteiger charge is -2.20. The Bertz CT molecular complexity index is 274. The maximum atomic E-state index is 11.4. The Morgan fingerprint density at radius 2 is 1.94 bits per heavy atom. The normalized spacial score (nSPS) is 12.9. The van der Waals surface area contributed by atoms with Gasteiger partial charge in [0.05, 0.1) is 12.2 Å². The van der Waals surface area contributed by atoms with Gasteiger partial charge in [-0.1, -0.05) is 13.3 Å². The zero-order chi connectivity index (χ0) is 14.2. The van der Waals surface area contributed by atoms with E-state index in [2.05, 4.69) is 10.6 Å². The number of rotatable bonds is 7. The first kappa shape index (κ1) is 16.7. The summed E-state index contributed by atoms with van der Waals surface area (Å²) in [7, 11) is 0. The van der Waals surface area contributed by atoms with E-state index in [1.54, 1.807) is 0 Å². The molecular formula is C12H24N2O4. The van der Waals surface area contributed by atoms with E-state index >= 15 is 0 Å². The van der Waals surface area contributed by atoms with Crippen LogP contribution in [0.2, 0.25) is 0 Å². The molecule has 0 spiro atoms. The number of nitrogens with one attached hydrogen (secondary N) is 2. The van der Waals surface area contributed by atoms with Gasteiger partial charge in [-0.25, -0.2) is 9.59 Å². The number of urea groups is 1. The second-order valence-electron chi connectivity index (χ2n) is 5.04. The molecule has 0 heterocycles. The number of carbonyl (C=O) groups excluding carboxylic acids is 1. The van der Waals surface area contributed by atoms with Gasteiger partial charge in [-0.15, -0.1) is 0 Å². The summed E-state index contributed by atoms with van der Waals surface area (Å²) in [5.41, 5.74) is -0.246. The Hall–Kier alpha value is -1.30. The van der Waals surface area contributed by atoms with Crippen molar-refractivity contribution in [2.75, 3.05) is 13.2 Å². The second kappa shape index (κ2) is 7.92. The van der Waals surface area contributed by atoms with Crippen LogP contribution >= 0.6 is 0 Å². The smallest absolute Gasteiger partial charge is 0.326 e. The van der Waals surface area contributed by atoms with Crippen LogP contribution in [0.25, 0.3) is 0 Å². The standard InChI is InChI=1S/C12H24N2O4/c1-5-6-9(10(15)16)14-11(17)13-7-8-18-12(2,3)4/h9H,5-8H2,1-4H3,(H,15,16)(H2,13,14,17). The number of carboxylic acid groups (broad SMARTS) is 1. The van der Waals surface area contributed by atoms with E-state index in [4.69, 9.17) is 9.84 Å². The summed E-state index contributed by atoms with van der Waals surface area (Å²) in [4.78, 5) is 22.2. The monoisotopic (exact) mass is 260 g/mol. The number of hydrogen-bond acceptors (Lipinski definition) is 3. The van der Waals surface area contributed by atoms with Gasteiger partial charge >= 0.3 is 12.0 Å². The van der Waals surface area contributed by atoms with Crippen molar-refractivity contribution in [3.05, 3.63) is 0 Å². The van der Waals surface area contributed by atoms with E-state index in [1.165, 1.54) is 0 Å². The van der Waals surface area contributed by atoms with Gasteiger partial charge in [0, 0.05) is 6.54 Å². The van der Waals surface area contributed by atoms with Crippen molar-refractivity contribution in [3.8, 4) is 0 Å². The first-order valence-electron chi connectivity index (χ1n) is 6.17. The van der Waals surface area contributed by atoms with Crippen LogP contribution in [0.5, 0.6) is 0 Å². The molecule has 0 bridgehead atoms. The molecule has 106 valence electrons. The van der Waals surface area contributed by atoms with Crippen molar-refractivity contribution in [2.24, 2.45) is 0 Å². The SMILES string of the molecule is CCCC(NC(=O)NCCOC(C)(C)C)C(=O)O.